The van der Waals surface area contributed by atoms with Gasteiger partial charge in [0.05, 0.1) is 10.2 Å². The lowest BCUT2D eigenvalue weighted by molar-refractivity contribution is 0.582. The normalized spacial score (nSPS) is 11.5. The van der Waals surface area contributed by atoms with Crippen LogP contribution in [0.5, 0.6) is 0 Å². The molecule has 17 heavy (non-hydrogen) atoms. The number of halogens is 3. The minimum atomic E-state index is -3.87. The molecule has 0 bridgehead atoms. The molecule has 0 fully saturated rings. The Kier molecular flexibility index (Phi) is 4.84. The highest BCUT2D eigenvalue weighted by atomic mass is 79.9. The highest BCUT2D eigenvalue weighted by Crippen LogP contribution is 2.23. The molecule has 0 aliphatic rings. The summed E-state index contributed by atoms with van der Waals surface area (Å²) in [6.45, 7) is 2.00. The number of rotatable bonds is 5. The molecule has 0 saturated heterocycles. The Morgan fingerprint density at radius 3 is 2.53 bits per heavy atom. The first-order valence-electron chi connectivity index (χ1n) is 4.77. The van der Waals surface area contributed by atoms with Crippen LogP contribution in [0.2, 0.25) is 0 Å². The maximum Gasteiger partial charge on any atom is 0.299 e. The van der Waals surface area contributed by atoms with Crippen LogP contribution in [0, 0.1) is 11.6 Å². The van der Waals surface area contributed by atoms with Crippen LogP contribution in [0.25, 0.3) is 0 Å². The maximum absolute atomic E-state index is 13.3. The predicted molar refractivity (Wildman–Crippen MR) is 64.9 cm³/mol. The average Bonchev–Trinajstić information content (AvgIpc) is 2.23. The Labute approximate surface area is 107 Å². The van der Waals surface area contributed by atoms with E-state index in [0.29, 0.717) is 6.42 Å². The van der Waals surface area contributed by atoms with Crippen LogP contribution < -0.4 is 9.44 Å². The van der Waals surface area contributed by atoms with Gasteiger partial charge in [-0.25, -0.2) is 8.78 Å². The third kappa shape index (κ3) is 4.21. The Hall–Kier alpha value is -0.730. The van der Waals surface area contributed by atoms with Crippen molar-refractivity contribution in [3.05, 3.63) is 28.2 Å². The van der Waals surface area contributed by atoms with Crippen molar-refractivity contribution in [3.63, 3.8) is 0 Å². The van der Waals surface area contributed by atoms with Gasteiger partial charge in [0.25, 0.3) is 10.2 Å². The summed E-state index contributed by atoms with van der Waals surface area (Å²) in [5, 5.41) is 0. The van der Waals surface area contributed by atoms with Crippen molar-refractivity contribution >= 4 is 31.8 Å². The third-order valence-electron chi connectivity index (χ3n) is 1.80. The SMILES string of the molecule is CCCNS(=O)(=O)Nc1cc(F)c(Br)cc1F. The van der Waals surface area contributed by atoms with Crippen LogP contribution in [0.1, 0.15) is 13.3 Å². The molecule has 0 heterocycles. The molecule has 4 nitrogen and oxygen atoms in total. The molecule has 8 heteroatoms. The smallest absolute Gasteiger partial charge is 0.268 e. The Morgan fingerprint density at radius 2 is 1.94 bits per heavy atom. The molecule has 2 N–H and O–H groups in total. The highest BCUT2D eigenvalue weighted by Gasteiger charge is 2.14. The van der Waals surface area contributed by atoms with Gasteiger partial charge in [-0.05, 0) is 28.4 Å². The van der Waals surface area contributed by atoms with Crippen LogP contribution in [0.4, 0.5) is 14.5 Å². The van der Waals surface area contributed by atoms with Gasteiger partial charge in [-0.15, -0.1) is 0 Å². The fraction of sp³-hybridized carbons (Fsp3) is 0.333. The molecule has 0 aliphatic carbocycles. The lowest BCUT2D eigenvalue weighted by Crippen LogP contribution is -2.31. The molecule has 0 aromatic heterocycles. The topological polar surface area (TPSA) is 58.2 Å². The molecular weight excluding hydrogens is 318 g/mol. The first kappa shape index (κ1) is 14.3. The molecule has 0 aliphatic heterocycles. The highest BCUT2D eigenvalue weighted by molar-refractivity contribution is 9.10. The average molecular weight is 329 g/mol. The number of benzene rings is 1. The summed E-state index contributed by atoms with van der Waals surface area (Å²) in [7, 11) is -3.87. The second-order valence-corrected chi connectivity index (χ2v) is 5.60. The fourth-order valence-corrected chi connectivity index (χ4v) is 2.32. The molecular formula is C9H11BrF2N2O2S. The van der Waals surface area contributed by atoms with Gasteiger partial charge in [0.15, 0.2) is 0 Å². The van der Waals surface area contributed by atoms with Gasteiger partial charge in [0, 0.05) is 12.6 Å². The van der Waals surface area contributed by atoms with E-state index < -0.39 is 27.5 Å². The zero-order chi connectivity index (χ0) is 13.1. The summed E-state index contributed by atoms with van der Waals surface area (Å²) in [6, 6.07) is 1.62. The van der Waals surface area contributed by atoms with Gasteiger partial charge in [-0.1, -0.05) is 6.92 Å². The van der Waals surface area contributed by atoms with Crippen molar-refractivity contribution < 1.29 is 17.2 Å². The zero-order valence-corrected chi connectivity index (χ0v) is 11.3. The molecule has 0 spiro atoms. The molecule has 0 radical (unpaired) electrons. The second kappa shape index (κ2) is 5.74. The third-order valence-corrected chi connectivity index (χ3v) is 3.48. The van der Waals surface area contributed by atoms with Crippen LogP contribution in [-0.4, -0.2) is 15.0 Å². The van der Waals surface area contributed by atoms with E-state index >= 15 is 0 Å². The maximum atomic E-state index is 13.3. The summed E-state index contributed by atoms with van der Waals surface area (Å²) < 4.78 is 53.2. The standard InChI is InChI=1S/C9H11BrF2N2O2S/c1-2-3-13-17(15,16)14-9-5-7(11)6(10)4-8(9)12/h4-5,13-14H,2-3H2,1H3. The number of anilines is 1. The Balaban J connectivity index is 2.92. The van der Waals surface area contributed by atoms with Crippen LogP contribution in [-0.2, 0) is 10.2 Å². The minimum Gasteiger partial charge on any atom is -0.268 e. The molecule has 0 saturated carbocycles. The monoisotopic (exact) mass is 328 g/mol. The quantitative estimate of drug-likeness (QED) is 0.815. The summed E-state index contributed by atoms with van der Waals surface area (Å²) in [5.74, 6) is -1.61. The molecule has 96 valence electrons. The van der Waals surface area contributed by atoms with E-state index in [2.05, 4.69) is 20.7 Å². The van der Waals surface area contributed by atoms with Gasteiger partial charge in [-0.2, -0.15) is 13.1 Å². The number of hydrogen-bond acceptors (Lipinski definition) is 2. The Bertz CT molecular complexity index is 508. The lowest BCUT2D eigenvalue weighted by atomic mass is 10.3. The predicted octanol–water partition coefficient (Wildman–Crippen LogP) is 2.38. The van der Waals surface area contributed by atoms with Crippen molar-refractivity contribution in [1.82, 2.24) is 4.72 Å². The Morgan fingerprint density at radius 1 is 1.29 bits per heavy atom. The van der Waals surface area contributed by atoms with Crippen molar-refractivity contribution in [3.8, 4) is 0 Å². The summed E-state index contributed by atoms with van der Waals surface area (Å²) >= 11 is 2.79. The van der Waals surface area contributed by atoms with E-state index in [1.165, 1.54) is 0 Å². The fourth-order valence-electron chi connectivity index (χ4n) is 1.02. The van der Waals surface area contributed by atoms with E-state index in [0.717, 1.165) is 12.1 Å². The largest absolute Gasteiger partial charge is 0.299 e. The van der Waals surface area contributed by atoms with Crippen molar-refractivity contribution in [2.45, 2.75) is 13.3 Å². The van der Waals surface area contributed by atoms with Crippen molar-refractivity contribution in [2.24, 2.45) is 0 Å². The van der Waals surface area contributed by atoms with E-state index in [1.54, 1.807) is 6.92 Å². The molecule has 1 aromatic rings. The van der Waals surface area contributed by atoms with Gasteiger partial charge in [0.2, 0.25) is 0 Å². The lowest BCUT2D eigenvalue weighted by Gasteiger charge is -2.10. The van der Waals surface area contributed by atoms with Gasteiger partial charge in [-0.3, -0.25) is 4.72 Å². The first-order chi connectivity index (χ1) is 7.85. The van der Waals surface area contributed by atoms with Gasteiger partial charge >= 0.3 is 0 Å². The number of nitrogens with one attached hydrogen (secondary N) is 2. The van der Waals surface area contributed by atoms with Crippen molar-refractivity contribution in [2.75, 3.05) is 11.3 Å². The zero-order valence-electron chi connectivity index (χ0n) is 8.93. The first-order valence-corrected chi connectivity index (χ1v) is 7.05. The van der Waals surface area contributed by atoms with E-state index in [1.807, 2.05) is 4.72 Å². The molecule has 1 aromatic carbocycles. The van der Waals surface area contributed by atoms with Gasteiger partial charge < -0.3 is 0 Å². The van der Waals surface area contributed by atoms with Crippen LogP contribution >= 0.6 is 15.9 Å². The van der Waals surface area contributed by atoms with E-state index in [4.69, 9.17) is 0 Å². The molecule has 0 atom stereocenters. The minimum absolute atomic E-state index is 0.0699. The van der Waals surface area contributed by atoms with Crippen LogP contribution in [0.15, 0.2) is 16.6 Å². The number of hydrogen-bond donors (Lipinski definition) is 2. The van der Waals surface area contributed by atoms with Crippen molar-refractivity contribution in [1.29, 1.82) is 0 Å². The van der Waals surface area contributed by atoms with E-state index in [9.17, 15) is 17.2 Å². The van der Waals surface area contributed by atoms with E-state index in [-0.39, 0.29) is 11.0 Å². The molecule has 1 rings (SSSR count). The van der Waals surface area contributed by atoms with Crippen LogP contribution in [0.3, 0.4) is 0 Å². The summed E-state index contributed by atoms with van der Waals surface area (Å²) in [4.78, 5) is 0. The molecule has 0 amide bonds. The molecule has 0 unspecified atom stereocenters. The second-order valence-electron chi connectivity index (χ2n) is 3.25. The summed E-state index contributed by atoms with van der Waals surface area (Å²) in [6.07, 6.45) is 0.595. The summed E-state index contributed by atoms with van der Waals surface area (Å²) in [5.41, 5.74) is -0.436. The van der Waals surface area contributed by atoms with Gasteiger partial charge in [0.1, 0.15) is 11.6 Å².